The van der Waals surface area contributed by atoms with Crippen LogP contribution >= 0.6 is 0 Å². The number of piperidine rings is 1. The summed E-state index contributed by atoms with van der Waals surface area (Å²) >= 11 is 0. The molecule has 11 nitrogen and oxygen atoms in total. The zero-order valence-electron chi connectivity index (χ0n) is 28.9. The number of halogens is 2. The number of alkyl halides is 2. The topological polar surface area (TPSA) is 115 Å². The fourth-order valence-electron chi connectivity index (χ4n) is 7.23. The fraction of sp³-hybridized carbons (Fsp3) is 0.639. The molecule has 13 heteroatoms. The van der Waals surface area contributed by atoms with Gasteiger partial charge in [0.2, 0.25) is 5.91 Å². The van der Waals surface area contributed by atoms with Crippen molar-refractivity contribution >= 4 is 28.9 Å². The quantitative estimate of drug-likeness (QED) is 0.283. The molecule has 2 saturated heterocycles. The number of likely N-dealkylation sites (tertiary alicyclic amines) is 1. The lowest BCUT2D eigenvalue weighted by Gasteiger charge is -2.35. The van der Waals surface area contributed by atoms with Crippen molar-refractivity contribution in [1.29, 1.82) is 0 Å². The normalized spacial score (nSPS) is 22.0. The molecule has 49 heavy (non-hydrogen) atoms. The maximum Gasteiger partial charge on any atom is 0.410 e. The molecule has 2 amide bonds. The highest BCUT2D eigenvalue weighted by Crippen LogP contribution is 2.31. The highest BCUT2D eigenvalue weighted by atomic mass is 19.3. The van der Waals surface area contributed by atoms with Crippen molar-refractivity contribution in [1.82, 2.24) is 29.7 Å². The van der Waals surface area contributed by atoms with Crippen LogP contribution in [0.2, 0.25) is 0 Å². The Hall–Kier alpha value is -3.87. The van der Waals surface area contributed by atoms with Gasteiger partial charge in [-0.2, -0.15) is 0 Å². The van der Waals surface area contributed by atoms with Gasteiger partial charge in [-0.1, -0.05) is 18.6 Å². The molecule has 1 N–H and O–H groups in total. The minimum atomic E-state index is -2.76. The first-order valence-corrected chi connectivity index (χ1v) is 17.8. The van der Waals surface area contributed by atoms with Gasteiger partial charge in [-0.25, -0.2) is 28.5 Å². The summed E-state index contributed by atoms with van der Waals surface area (Å²) in [6.07, 6.45) is 4.87. The second-order valence-electron chi connectivity index (χ2n) is 14.6. The average molecular weight is 682 g/mol. The lowest BCUT2D eigenvalue weighted by Crippen LogP contribution is -2.49. The number of ether oxygens (including phenoxy) is 2. The molecule has 2 aromatic heterocycles. The molecule has 4 heterocycles. The molecule has 2 aliphatic heterocycles. The Bertz CT molecular complexity index is 1600. The van der Waals surface area contributed by atoms with Crippen molar-refractivity contribution in [3.8, 4) is 5.82 Å². The number of aromatic nitrogens is 4. The number of aryl methyl sites for hydroxylation is 1. The van der Waals surface area contributed by atoms with E-state index in [9.17, 15) is 18.4 Å². The number of carbonyl (C=O) groups is 2. The van der Waals surface area contributed by atoms with Gasteiger partial charge in [-0.3, -0.25) is 9.36 Å². The molecule has 0 unspecified atom stereocenters. The Balaban J connectivity index is 1.04. The minimum absolute atomic E-state index is 0.0329. The van der Waals surface area contributed by atoms with Gasteiger partial charge in [0.1, 0.15) is 23.1 Å². The van der Waals surface area contributed by atoms with E-state index in [0.29, 0.717) is 80.2 Å². The monoisotopic (exact) mass is 681 g/mol. The van der Waals surface area contributed by atoms with Crippen LogP contribution in [0.1, 0.15) is 90.2 Å². The van der Waals surface area contributed by atoms with Crippen LogP contribution in [0.3, 0.4) is 0 Å². The molecule has 1 aromatic carbocycles. The summed E-state index contributed by atoms with van der Waals surface area (Å²) in [6, 6.07) is 9.06. The van der Waals surface area contributed by atoms with Crippen molar-refractivity contribution in [3.05, 3.63) is 42.0 Å². The fourth-order valence-corrected chi connectivity index (χ4v) is 7.23. The van der Waals surface area contributed by atoms with E-state index >= 15 is 0 Å². The highest BCUT2D eigenvalue weighted by molar-refractivity contribution is 5.80. The Morgan fingerprint density at radius 3 is 2.47 bits per heavy atom. The van der Waals surface area contributed by atoms with E-state index in [-0.39, 0.29) is 29.8 Å². The van der Waals surface area contributed by atoms with Crippen LogP contribution < -0.4 is 10.2 Å². The number of amides is 2. The molecule has 1 atom stereocenters. The van der Waals surface area contributed by atoms with Crippen LogP contribution in [0.25, 0.3) is 16.9 Å². The number of fused-ring (bicyclic) bond motifs is 1. The van der Waals surface area contributed by atoms with Gasteiger partial charge < -0.3 is 24.6 Å². The lowest BCUT2D eigenvalue weighted by molar-refractivity contribution is -0.127. The largest absolute Gasteiger partial charge is 0.444 e. The van der Waals surface area contributed by atoms with Crippen molar-refractivity contribution in [2.24, 2.45) is 11.8 Å². The van der Waals surface area contributed by atoms with Crippen LogP contribution in [-0.4, -0.2) is 87.5 Å². The Kier molecular flexibility index (Phi) is 11.0. The van der Waals surface area contributed by atoms with Crippen LogP contribution in [-0.2, 0) is 20.7 Å². The second-order valence-corrected chi connectivity index (χ2v) is 14.6. The zero-order valence-corrected chi connectivity index (χ0v) is 28.9. The van der Waals surface area contributed by atoms with Crippen molar-refractivity contribution in [3.63, 3.8) is 0 Å². The first-order chi connectivity index (χ1) is 23.5. The molecule has 1 saturated carbocycles. The molecule has 6 rings (SSSR count). The van der Waals surface area contributed by atoms with Crippen LogP contribution in [0.15, 0.2) is 30.3 Å². The van der Waals surface area contributed by atoms with Crippen LogP contribution in [0.4, 0.5) is 19.4 Å². The third-order valence-corrected chi connectivity index (χ3v) is 9.74. The molecule has 3 aliphatic rings. The van der Waals surface area contributed by atoms with E-state index in [0.717, 1.165) is 51.4 Å². The summed E-state index contributed by atoms with van der Waals surface area (Å²) in [7, 11) is 0. The van der Waals surface area contributed by atoms with E-state index in [4.69, 9.17) is 19.4 Å². The van der Waals surface area contributed by atoms with Gasteiger partial charge in [0.25, 0.3) is 6.43 Å². The number of rotatable bonds is 9. The standard InChI is InChI=1S/C36H49F2N7O4/c1-36(2,3)49-35(47)44-17-7-9-25(23-44)34(46)39-26-15-13-24(14-16-26)8-6-12-29-41-30(43-18-20-48-21-19-43)22-31(42-29)45-28-11-5-4-10-27(28)40-33(45)32(37)38/h4-5,10-11,22,24-26,32H,6-9,12-21,23H2,1-3H3,(H,39,46)/t24?,25-,26?/m0/s1. The number of anilines is 1. The first-order valence-electron chi connectivity index (χ1n) is 17.8. The molecular formula is C36H49F2N7O4. The summed E-state index contributed by atoms with van der Waals surface area (Å²) in [5.74, 6) is 1.77. The summed E-state index contributed by atoms with van der Waals surface area (Å²) in [5, 5.41) is 3.27. The summed E-state index contributed by atoms with van der Waals surface area (Å²) < 4.78 is 40.9. The van der Waals surface area contributed by atoms with E-state index in [1.165, 1.54) is 4.57 Å². The number of imidazole rings is 1. The number of nitrogens with zero attached hydrogens (tertiary/aromatic N) is 6. The van der Waals surface area contributed by atoms with Crippen LogP contribution in [0, 0.1) is 11.8 Å². The van der Waals surface area contributed by atoms with Gasteiger partial charge in [-0.15, -0.1) is 0 Å². The van der Waals surface area contributed by atoms with E-state index in [1.807, 2.05) is 26.8 Å². The molecule has 0 bridgehead atoms. The second kappa shape index (κ2) is 15.3. The number of benzene rings is 1. The average Bonchev–Trinajstić information content (AvgIpc) is 3.49. The first kappa shape index (κ1) is 35.0. The molecule has 3 aromatic rings. The van der Waals surface area contributed by atoms with E-state index < -0.39 is 12.0 Å². The predicted octanol–water partition coefficient (Wildman–Crippen LogP) is 6.23. The van der Waals surface area contributed by atoms with Gasteiger partial charge in [0.05, 0.1) is 30.2 Å². The molecule has 0 radical (unpaired) electrons. The van der Waals surface area contributed by atoms with E-state index in [2.05, 4.69) is 15.2 Å². The zero-order chi connectivity index (χ0) is 34.5. The smallest absolute Gasteiger partial charge is 0.410 e. The van der Waals surface area contributed by atoms with Crippen molar-refractivity contribution < 1.29 is 27.8 Å². The van der Waals surface area contributed by atoms with Crippen molar-refractivity contribution in [2.75, 3.05) is 44.3 Å². The Morgan fingerprint density at radius 2 is 1.73 bits per heavy atom. The van der Waals surface area contributed by atoms with Gasteiger partial charge in [-0.05, 0) is 83.8 Å². The van der Waals surface area contributed by atoms with Crippen molar-refractivity contribution in [2.45, 2.75) is 96.6 Å². The highest BCUT2D eigenvalue weighted by Gasteiger charge is 2.33. The number of para-hydroxylation sites is 2. The number of morpholine rings is 1. The summed E-state index contributed by atoms with van der Waals surface area (Å²) in [4.78, 5) is 43.4. The number of hydrogen-bond acceptors (Lipinski definition) is 8. The van der Waals surface area contributed by atoms with Gasteiger partial charge in [0, 0.05) is 44.7 Å². The molecular weight excluding hydrogens is 632 g/mol. The maximum absolute atomic E-state index is 14.2. The Morgan fingerprint density at radius 1 is 1.00 bits per heavy atom. The van der Waals surface area contributed by atoms with Gasteiger partial charge in [0.15, 0.2) is 5.82 Å². The number of nitrogens with one attached hydrogen (secondary N) is 1. The Labute approximate surface area is 286 Å². The van der Waals surface area contributed by atoms with E-state index in [1.54, 1.807) is 29.2 Å². The molecule has 3 fully saturated rings. The summed E-state index contributed by atoms with van der Waals surface area (Å²) in [5.41, 5.74) is 0.520. The van der Waals surface area contributed by atoms with Gasteiger partial charge >= 0.3 is 6.09 Å². The predicted molar refractivity (Wildman–Crippen MR) is 182 cm³/mol. The lowest BCUT2D eigenvalue weighted by atomic mass is 9.83. The number of carbonyl (C=O) groups excluding carboxylic acids is 2. The summed E-state index contributed by atoms with van der Waals surface area (Å²) in [6.45, 7) is 9.06. The minimum Gasteiger partial charge on any atom is -0.444 e. The maximum atomic E-state index is 14.2. The number of hydrogen-bond donors (Lipinski definition) is 1. The SMILES string of the molecule is CC(C)(C)OC(=O)N1CCC[C@H](C(=O)NC2CCC(CCCc3nc(N4CCOCC4)cc(-n4c(C(F)F)nc5ccccc54)n3)CC2)C1. The molecule has 1 aliphatic carbocycles. The van der Waals surface area contributed by atoms with Crippen LogP contribution in [0.5, 0.6) is 0 Å². The third kappa shape index (κ3) is 8.84. The molecule has 266 valence electrons. The molecule has 0 spiro atoms. The third-order valence-electron chi connectivity index (χ3n) is 9.74.